The maximum atomic E-state index is 12.0. The molecule has 0 radical (unpaired) electrons. The van der Waals surface area contributed by atoms with Crippen LogP contribution in [0.1, 0.15) is 32.3 Å². The highest BCUT2D eigenvalue weighted by Gasteiger charge is 2.46. The van der Waals surface area contributed by atoms with Gasteiger partial charge in [-0.2, -0.15) is 0 Å². The van der Waals surface area contributed by atoms with E-state index in [0.29, 0.717) is 19.8 Å². The van der Waals surface area contributed by atoms with Gasteiger partial charge in [-0.05, 0) is 30.5 Å². The van der Waals surface area contributed by atoms with E-state index in [1.54, 1.807) is 0 Å². The first-order chi connectivity index (χ1) is 9.91. The number of ether oxygens (including phenoxy) is 2. The first kappa shape index (κ1) is 16.9. The molecule has 1 aromatic carbocycles. The first-order valence-electron chi connectivity index (χ1n) is 7.38. The molecule has 1 saturated carbocycles. The molecule has 0 saturated heterocycles. The van der Waals surface area contributed by atoms with Crippen LogP contribution in [0, 0.1) is 0 Å². The van der Waals surface area contributed by atoms with E-state index in [0.717, 1.165) is 29.9 Å². The van der Waals surface area contributed by atoms with E-state index in [2.05, 4.69) is 19.2 Å². The molecule has 0 unspecified atom stereocenters. The van der Waals surface area contributed by atoms with Gasteiger partial charge in [0.1, 0.15) is 13.2 Å². The maximum Gasteiger partial charge on any atom is 0.240 e. The third-order valence-electron chi connectivity index (χ3n) is 4.26. The SMILES string of the molecule is CC(C)(CNC(=O)C1(N)CC1)c1ccc2c(c1)OCCO2.Cl. The van der Waals surface area contributed by atoms with Crippen molar-refractivity contribution in [3.05, 3.63) is 23.8 Å². The number of benzene rings is 1. The zero-order valence-electron chi connectivity index (χ0n) is 13.0. The van der Waals surface area contributed by atoms with E-state index in [4.69, 9.17) is 15.2 Å². The molecule has 5 nitrogen and oxygen atoms in total. The molecule has 1 fully saturated rings. The van der Waals surface area contributed by atoms with Gasteiger partial charge in [0.25, 0.3) is 0 Å². The number of fused-ring (bicyclic) bond motifs is 1. The fourth-order valence-electron chi connectivity index (χ4n) is 2.41. The summed E-state index contributed by atoms with van der Waals surface area (Å²) in [6.45, 7) is 5.89. The number of halogens is 1. The van der Waals surface area contributed by atoms with Gasteiger partial charge in [0.05, 0.1) is 5.54 Å². The average Bonchev–Trinajstić information content (AvgIpc) is 3.23. The van der Waals surface area contributed by atoms with Crippen molar-refractivity contribution in [2.75, 3.05) is 19.8 Å². The molecule has 6 heteroatoms. The molecule has 0 spiro atoms. The van der Waals surface area contributed by atoms with Crippen LogP contribution in [0.5, 0.6) is 11.5 Å². The number of hydrogen-bond donors (Lipinski definition) is 2. The van der Waals surface area contributed by atoms with Crippen LogP contribution >= 0.6 is 12.4 Å². The Hall–Kier alpha value is -1.46. The summed E-state index contributed by atoms with van der Waals surface area (Å²) in [5, 5.41) is 2.97. The molecule has 1 amide bonds. The molecule has 0 bridgehead atoms. The van der Waals surface area contributed by atoms with Gasteiger partial charge in [-0.1, -0.05) is 19.9 Å². The number of rotatable bonds is 4. The molecule has 0 aromatic heterocycles. The lowest BCUT2D eigenvalue weighted by molar-refractivity contribution is -0.123. The van der Waals surface area contributed by atoms with Gasteiger partial charge < -0.3 is 20.5 Å². The normalized spacial score (nSPS) is 18.1. The zero-order valence-corrected chi connectivity index (χ0v) is 13.8. The average molecular weight is 327 g/mol. The lowest BCUT2D eigenvalue weighted by Gasteiger charge is -2.28. The number of hydrogen-bond acceptors (Lipinski definition) is 4. The van der Waals surface area contributed by atoms with Gasteiger partial charge in [-0.15, -0.1) is 12.4 Å². The van der Waals surface area contributed by atoms with Crippen molar-refractivity contribution in [3.63, 3.8) is 0 Å². The lowest BCUT2D eigenvalue weighted by Crippen LogP contribution is -2.46. The van der Waals surface area contributed by atoms with Crippen LogP contribution < -0.4 is 20.5 Å². The summed E-state index contributed by atoms with van der Waals surface area (Å²) in [6.07, 6.45) is 1.56. The van der Waals surface area contributed by atoms with E-state index in [-0.39, 0.29) is 23.7 Å². The summed E-state index contributed by atoms with van der Waals surface area (Å²) >= 11 is 0. The Morgan fingerprint density at radius 1 is 1.27 bits per heavy atom. The Morgan fingerprint density at radius 2 is 1.91 bits per heavy atom. The summed E-state index contributed by atoms with van der Waals surface area (Å²) in [4.78, 5) is 12.0. The van der Waals surface area contributed by atoms with Crippen LogP contribution in [0.4, 0.5) is 0 Å². The number of carbonyl (C=O) groups excluding carboxylic acids is 1. The number of carbonyl (C=O) groups is 1. The summed E-state index contributed by atoms with van der Waals surface area (Å²) in [6, 6.07) is 5.95. The minimum Gasteiger partial charge on any atom is -0.486 e. The molecule has 22 heavy (non-hydrogen) atoms. The molecule has 1 heterocycles. The topological polar surface area (TPSA) is 73.6 Å². The summed E-state index contributed by atoms with van der Waals surface area (Å²) < 4.78 is 11.1. The quantitative estimate of drug-likeness (QED) is 0.884. The Bertz CT molecular complexity index is 571. The van der Waals surface area contributed by atoms with Crippen LogP contribution in [0.2, 0.25) is 0 Å². The highest BCUT2D eigenvalue weighted by Crippen LogP contribution is 2.35. The first-order valence-corrected chi connectivity index (χ1v) is 7.38. The van der Waals surface area contributed by atoms with Crippen molar-refractivity contribution in [1.29, 1.82) is 0 Å². The van der Waals surface area contributed by atoms with Gasteiger partial charge in [0.15, 0.2) is 11.5 Å². The van der Waals surface area contributed by atoms with Crippen LogP contribution in [0.25, 0.3) is 0 Å². The van der Waals surface area contributed by atoms with E-state index in [1.165, 1.54) is 0 Å². The predicted octanol–water partition coefficient (Wildman–Crippen LogP) is 1.76. The molecule has 3 rings (SSSR count). The highest BCUT2D eigenvalue weighted by molar-refractivity contribution is 5.89. The number of nitrogens with two attached hydrogens (primary N) is 1. The van der Waals surface area contributed by atoms with E-state index in [1.807, 2.05) is 18.2 Å². The summed E-state index contributed by atoms with van der Waals surface area (Å²) in [5.41, 5.74) is 6.19. The minimum atomic E-state index is -0.622. The Balaban J connectivity index is 0.00000176. The molecular weight excluding hydrogens is 304 g/mol. The molecule has 0 atom stereocenters. The van der Waals surface area contributed by atoms with Gasteiger partial charge in [-0.25, -0.2) is 0 Å². The van der Waals surface area contributed by atoms with Crippen molar-refractivity contribution in [2.45, 2.75) is 37.6 Å². The van der Waals surface area contributed by atoms with Crippen LogP contribution in [0.3, 0.4) is 0 Å². The Kier molecular flexibility index (Phi) is 4.59. The molecule has 3 N–H and O–H groups in total. The molecule has 122 valence electrons. The Labute approximate surface area is 137 Å². The number of amides is 1. The van der Waals surface area contributed by atoms with Crippen molar-refractivity contribution in [1.82, 2.24) is 5.32 Å². The lowest BCUT2D eigenvalue weighted by atomic mass is 9.84. The van der Waals surface area contributed by atoms with Crippen LogP contribution in [0.15, 0.2) is 18.2 Å². The molecule has 1 aromatic rings. The second-order valence-corrected chi connectivity index (χ2v) is 6.58. The van der Waals surface area contributed by atoms with Gasteiger partial charge >= 0.3 is 0 Å². The van der Waals surface area contributed by atoms with Crippen molar-refractivity contribution in [2.24, 2.45) is 5.73 Å². The fraction of sp³-hybridized carbons (Fsp3) is 0.562. The number of nitrogens with one attached hydrogen (secondary N) is 1. The minimum absolute atomic E-state index is 0. The zero-order chi connectivity index (χ0) is 15.1. The van der Waals surface area contributed by atoms with Crippen molar-refractivity contribution >= 4 is 18.3 Å². The standard InChI is InChI=1S/C16H22N2O3.ClH/c1-15(2,10-18-14(19)16(17)5-6-16)11-3-4-12-13(9-11)21-8-7-20-12;/h3-4,9H,5-8,10,17H2,1-2H3,(H,18,19);1H. The Morgan fingerprint density at radius 3 is 2.55 bits per heavy atom. The van der Waals surface area contributed by atoms with Gasteiger partial charge in [0.2, 0.25) is 5.91 Å². The molecular formula is C16H23ClN2O3. The largest absolute Gasteiger partial charge is 0.486 e. The third-order valence-corrected chi connectivity index (χ3v) is 4.26. The van der Waals surface area contributed by atoms with Crippen LogP contribution in [-0.4, -0.2) is 31.2 Å². The predicted molar refractivity (Wildman–Crippen MR) is 86.9 cm³/mol. The summed E-state index contributed by atoms with van der Waals surface area (Å²) in [5.74, 6) is 1.51. The second kappa shape index (κ2) is 5.97. The van der Waals surface area contributed by atoms with Gasteiger partial charge in [0, 0.05) is 12.0 Å². The van der Waals surface area contributed by atoms with Crippen LogP contribution in [-0.2, 0) is 10.2 Å². The molecule has 2 aliphatic rings. The molecule has 1 aliphatic heterocycles. The van der Waals surface area contributed by atoms with E-state index < -0.39 is 5.54 Å². The van der Waals surface area contributed by atoms with E-state index in [9.17, 15) is 4.79 Å². The monoisotopic (exact) mass is 326 g/mol. The fourth-order valence-corrected chi connectivity index (χ4v) is 2.41. The van der Waals surface area contributed by atoms with Gasteiger partial charge in [-0.3, -0.25) is 4.79 Å². The van der Waals surface area contributed by atoms with Crippen molar-refractivity contribution < 1.29 is 14.3 Å². The molecule has 1 aliphatic carbocycles. The third kappa shape index (κ3) is 3.31. The van der Waals surface area contributed by atoms with E-state index >= 15 is 0 Å². The summed E-state index contributed by atoms with van der Waals surface area (Å²) in [7, 11) is 0. The smallest absolute Gasteiger partial charge is 0.240 e. The van der Waals surface area contributed by atoms with Crippen molar-refractivity contribution in [3.8, 4) is 11.5 Å². The second-order valence-electron chi connectivity index (χ2n) is 6.58. The highest BCUT2D eigenvalue weighted by atomic mass is 35.5. The maximum absolute atomic E-state index is 12.0.